The van der Waals surface area contributed by atoms with E-state index in [0.717, 1.165) is 33.6 Å². The van der Waals surface area contributed by atoms with Crippen LogP contribution in [0.25, 0.3) is 28.0 Å². The molecule has 29 heavy (non-hydrogen) atoms. The number of pyridine rings is 1. The van der Waals surface area contributed by atoms with Crippen LogP contribution >= 0.6 is 23.2 Å². The van der Waals surface area contributed by atoms with Crippen LogP contribution in [0.4, 0.5) is 0 Å². The Morgan fingerprint density at radius 3 is 2.31 bits per heavy atom. The highest BCUT2D eigenvalue weighted by Crippen LogP contribution is 2.35. The SMILES string of the molecule is COc1cc(OC)cc(-c2cnc3cc(CN)c(-c4ccc(Cl)cc4Cl)cn23)c1. The summed E-state index contributed by atoms with van der Waals surface area (Å²) in [6.45, 7) is 0.361. The molecule has 0 aliphatic carbocycles. The van der Waals surface area contributed by atoms with Gasteiger partial charge in [0.1, 0.15) is 17.1 Å². The second kappa shape index (κ2) is 7.95. The fraction of sp³-hybridized carbons (Fsp3) is 0.136. The molecule has 0 unspecified atom stereocenters. The Morgan fingerprint density at radius 1 is 0.966 bits per heavy atom. The highest BCUT2D eigenvalue weighted by Gasteiger charge is 2.15. The summed E-state index contributed by atoms with van der Waals surface area (Å²) in [4.78, 5) is 4.56. The molecular weight excluding hydrogens is 409 g/mol. The van der Waals surface area contributed by atoms with Crippen molar-refractivity contribution in [2.75, 3.05) is 14.2 Å². The second-order valence-corrected chi connectivity index (χ2v) is 7.36. The number of fused-ring (bicyclic) bond motifs is 1. The van der Waals surface area contributed by atoms with Crippen molar-refractivity contribution < 1.29 is 9.47 Å². The van der Waals surface area contributed by atoms with Gasteiger partial charge in [-0.25, -0.2) is 4.98 Å². The fourth-order valence-electron chi connectivity index (χ4n) is 3.35. The molecule has 4 rings (SSSR count). The summed E-state index contributed by atoms with van der Waals surface area (Å²) in [5.41, 5.74) is 11.4. The van der Waals surface area contributed by atoms with Crippen LogP contribution in [0.1, 0.15) is 5.56 Å². The van der Waals surface area contributed by atoms with Crippen molar-refractivity contribution >= 4 is 28.8 Å². The molecule has 7 heteroatoms. The largest absolute Gasteiger partial charge is 0.497 e. The molecule has 0 aliphatic rings. The second-order valence-electron chi connectivity index (χ2n) is 6.51. The minimum absolute atomic E-state index is 0.361. The van der Waals surface area contributed by atoms with Crippen LogP contribution in [0.3, 0.4) is 0 Å². The maximum atomic E-state index is 6.47. The van der Waals surface area contributed by atoms with Gasteiger partial charge in [0.25, 0.3) is 0 Å². The first-order valence-electron chi connectivity index (χ1n) is 8.93. The molecule has 2 aromatic carbocycles. The standard InChI is InChI=1S/C22H19Cl2N3O2/c1-28-16-5-13(6-17(9-16)29-2)21-11-26-22-7-14(10-25)19(12-27(21)22)18-4-3-15(23)8-20(18)24/h3-9,11-12H,10,25H2,1-2H3. The number of halogens is 2. The topological polar surface area (TPSA) is 61.8 Å². The van der Waals surface area contributed by atoms with Gasteiger partial charge in [0.15, 0.2) is 0 Å². The molecule has 0 amide bonds. The normalized spacial score (nSPS) is 11.1. The van der Waals surface area contributed by atoms with Gasteiger partial charge in [-0.2, -0.15) is 0 Å². The van der Waals surface area contributed by atoms with Gasteiger partial charge in [-0.3, -0.25) is 4.40 Å². The van der Waals surface area contributed by atoms with Gasteiger partial charge >= 0.3 is 0 Å². The summed E-state index contributed by atoms with van der Waals surface area (Å²) in [6.07, 6.45) is 3.82. The molecule has 2 N–H and O–H groups in total. The zero-order chi connectivity index (χ0) is 20.5. The molecule has 0 aliphatic heterocycles. The van der Waals surface area contributed by atoms with Gasteiger partial charge in [-0.15, -0.1) is 0 Å². The lowest BCUT2D eigenvalue weighted by Gasteiger charge is -2.13. The number of nitrogens with two attached hydrogens (primary N) is 1. The number of hydrogen-bond donors (Lipinski definition) is 1. The van der Waals surface area contributed by atoms with E-state index in [-0.39, 0.29) is 0 Å². The van der Waals surface area contributed by atoms with Crippen molar-refractivity contribution in [3.63, 3.8) is 0 Å². The van der Waals surface area contributed by atoms with Crippen LogP contribution in [0.2, 0.25) is 10.0 Å². The van der Waals surface area contributed by atoms with Gasteiger partial charge in [-0.05, 0) is 35.9 Å². The Morgan fingerprint density at radius 2 is 1.69 bits per heavy atom. The van der Waals surface area contributed by atoms with Crippen molar-refractivity contribution in [3.8, 4) is 33.9 Å². The van der Waals surface area contributed by atoms with E-state index in [1.165, 1.54) is 0 Å². The number of benzene rings is 2. The molecule has 0 radical (unpaired) electrons. The summed E-state index contributed by atoms with van der Waals surface area (Å²) in [7, 11) is 3.25. The first-order valence-corrected chi connectivity index (χ1v) is 9.68. The van der Waals surface area contributed by atoms with Crippen LogP contribution in [0.15, 0.2) is 54.9 Å². The number of aromatic nitrogens is 2. The number of methoxy groups -OCH3 is 2. The molecule has 0 fully saturated rings. The third-order valence-corrected chi connectivity index (χ3v) is 5.37. The Bertz CT molecular complexity index is 1180. The third kappa shape index (κ3) is 3.65. The lowest BCUT2D eigenvalue weighted by molar-refractivity contribution is 0.394. The number of rotatable bonds is 5. The van der Waals surface area contributed by atoms with Crippen LogP contribution in [-0.2, 0) is 6.54 Å². The third-order valence-electron chi connectivity index (χ3n) is 4.82. The Balaban J connectivity index is 1.95. The average molecular weight is 428 g/mol. The smallest absolute Gasteiger partial charge is 0.137 e. The van der Waals surface area contributed by atoms with Crippen molar-refractivity contribution in [2.45, 2.75) is 6.54 Å². The van der Waals surface area contributed by atoms with E-state index in [2.05, 4.69) is 4.98 Å². The summed E-state index contributed by atoms with van der Waals surface area (Å²) in [5, 5.41) is 1.15. The number of nitrogens with zero attached hydrogens (tertiary/aromatic N) is 2. The quantitative estimate of drug-likeness (QED) is 0.459. The molecule has 0 atom stereocenters. The van der Waals surface area contributed by atoms with E-state index in [0.29, 0.717) is 28.1 Å². The number of imidazole rings is 1. The van der Waals surface area contributed by atoms with Crippen LogP contribution in [0.5, 0.6) is 11.5 Å². The number of hydrogen-bond acceptors (Lipinski definition) is 4. The average Bonchev–Trinajstić information content (AvgIpc) is 3.15. The molecular formula is C22H19Cl2N3O2. The van der Waals surface area contributed by atoms with Gasteiger partial charge in [0, 0.05) is 45.5 Å². The predicted molar refractivity (Wildman–Crippen MR) is 117 cm³/mol. The first kappa shape index (κ1) is 19.6. The van der Waals surface area contributed by atoms with E-state index >= 15 is 0 Å². The maximum absolute atomic E-state index is 6.47. The van der Waals surface area contributed by atoms with Crippen molar-refractivity contribution in [1.82, 2.24) is 9.38 Å². The van der Waals surface area contributed by atoms with Crippen LogP contribution < -0.4 is 15.2 Å². The zero-order valence-corrected chi connectivity index (χ0v) is 17.5. The van der Waals surface area contributed by atoms with E-state index in [1.807, 2.05) is 53.2 Å². The first-order chi connectivity index (χ1) is 14.0. The van der Waals surface area contributed by atoms with Gasteiger partial charge < -0.3 is 15.2 Å². The summed E-state index contributed by atoms with van der Waals surface area (Å²) in [6, 6.07) is 13.1. The Kier molecular flexibility index (Phi) is 5.37. The molecule has 148 valence electrons. The summed E-state index contributed by atoms with van der Waals surface area (Å²) < 4.78 is 12.8. The maximum Gasteiger partial charge on any atom is 0.137 e. The van der Waals surface area contributed by atoms with Crippen molar-refractivity contribution in [2.24, 2.45) is 5.73 Å². The van der Waals surface area contributed by atoms with E-state index in [1.54, 1.807) is 20.3 Å². The minimum Gasteiger partial charge on any atom is -0.497 e. The van der Waals surface area contributed by atoms with Crippen LogP contribution in [-0.4, -0.2) is 23.6 Å². The molecule has 5 nitrogen and oxygen atoms in total. The van der Waals surface area contributed by atoms with Crippen molar-refractivity contribution in [1.29, 1.82) is 0 Å². The molecule has 0 saturated heterocycles. The van der Waals surface area contributed by atoms with Gasteiger partial charge in [0.05, 0.1) is 26.1 Å². The van der Waals surface area contributed by atoms with Crippen molar-refractivity contribution in [3.05, 3.63) is 70.5 Å². The van der Waals surface area contributed by atoms with E-state index in [4.69, 9.17) is 38.4 Å². The highest BCUT2D eigenvalue weighted by molar-refractivity contribution is 6.36. The Labute approximate surface area is 178 Å². The molecule has 2 heterocycles. The molecule has 4 aromatic rings. The predicted octanol–water partition coefficient (Wildman–Crippen LogP) is 5.45. The van der Waals surface area contributed by atoms with Gasteiger partial charge in [0.2, 0.25) is 0 Å². The van der Waals surface area contributed by atoms with Crippen LogP contribution in [0, 0.1) is 0 Å². The highest BCUT2D eigenvalue weighted by atomic mass is 35.5. The zero-order valence-electron chi connectivity index (χ0n) is 15.9. The molecule has 0 saturated carbocycles. The fourth-order valence-corrected chi connectivity index (χ4v) is 3.86. The summed E-state index contributed by atoms with van der Waals surface area (Å²) >= 11 is 12.5. The Hall–Kier alpha value is -2.73. The lowest BCUT2D eigenvalue weighted by atomic mass is 10.0. The monoisotopic (exact) mass is 427 g/mol. The van der Waals surface area contributed by atoms with E-state index < -0.39 is 0 Å². The van der Waals surface area contributed by atoms with E-state index in [9.17, 15) is 0 Å². The molecule has 0 bridgehead atoms. The van der Waals surface area contributed by atoms with Gasteiger partial charge in [-0.1, -0.05) is 29.3 Å². The minimum atomic E-state index is 0.361. The molecule has 0 spiro atoms. The molecule has 2 aromatic heterocycles. The summed E-state index contributed by atoms with van der Waals surface area (Å²) in [5.74, 6) is 1.41. The number of ether oxygens (including phenoxy) is 2. The lowest BCUT2D eigenvalue weighted by Crippen LogP contribution is -2.02.